The van der Waals surface area contributed by atoms with Gasteiger partial charge in [0.2, 0.25) is 0 Å². The van der Waals surface area contributed by atoms with Crippen molar-refractivity contribution in [1.29, 1.82) is 0 Å². The molecule has 5 nitrogen and oxygen atoms in total. The number of nitrogens with two attached hydrogens (primary N) is 1. The van der Waals surface area contributed by atoms with Gasteiger partial charge < -0.3 is 19.6 Å². The Bertz CT molecular complexity index is 949. The summed E-state index contributed by atoms with van der Waals surface area (Å²) in [6.45, 7) is 3.18. The summed E-state index contributed by atoms with van der Waals surface area (Å²) in [4.78, 5) is 5.24. The van der Waals surface area contributed by atoms with E-state index in [0.717, 1.165) is 39.8 Å². The minimum Gasteiger partial charge on any atom is -0.486 e. The molecule has 24 heavy (non-hydrogen) atoms. The number of aryl methyl sites for hydroxylation is 1. The summed E-state index contributed by atoms with van der Waals surface area (Å²) < 4.78 is 13.4. The van der Waals surface area contributed by atoms with Gasteiger partial charge in [-0.1, -0.05) is 18.3 Å². The first-order valence-corrected chi connectivity index (χ1v) is 8.19. The number of imidazole rings is 1. The summed E-state index contributed by atoms with van der Waals surface area (Å²) in [6.07, 6.45) is 0.491. The first-order valence-electron chi connectivity index (χ1n) is 7.79. The maximum absolute atomic E-state index is 5.83. The Labute approximate surface area is 145 Å². The maximum Gasteiger partial charge on any atom is 0.162 e. The molecule has 0 spiro atoms. The van der Waals surface area contributed by atoms with Gasteiger partial charge >= 0.3 is 0 Å². The molecule has 2 N–H and O–H groups in total. The average Bonchev–Trinajstić information content (AvgIpc) is 2.93. The number of benzene rings is 1. The molecule has 0 saturated heterocycles. The smallest absolute Gasteiger partial charge is 0.162 e. The van der Waals surface area contributed by atoms with Crippen LogP contribution < -0.4 is 15.2 Å². The van der Waals surface area contributed by atoms with Gasteiger partial charge in [0, 0.05) is 17.7 Å². The van der Waals surface area contributed by atoms with Gasteiger partial charge in [-0.15, -0.1) is 0 Å². The number of hydrogen-bond donors (Lipinski definition) is 1. The van der Waals surface area contributed by atoms with E-state index in [2.05, 4.69) is 4.40 Å². The highest BCUT2D eigenvalue weighted by Gasteiger charge is 2.19. The number of ether oxygens (including phenoxy) is 2. The SMILES string of the molecule is Cc1cccc2nc(-c3ccc4c(c3)OCCO4)c(CC(N)=S)n12. The van der Waals surface area contributed by atoms with Crippen molar-refractivity contribution in [3.05, 3.63) is 47.8 Å². The first kappa shape index (κ1) is 15.0. The fourth-order valence-electron chi connectivity index (χ4n) is 3.08. The van der Waals surface area contributed by atoms with Crippen molar-refractivity contribution >= 4 is 22.9 Å². The van der Waals surface area contributed by atoms with E-state index < -0.39 is 0 Å². The Kier molecular flexibility index (Phi) is 3.61. The molecule has 0 saturated carbocycles. The highest BCUT2D eigenvalue weighted by molar-refractivity contribution is 7.80. The summed E-state index contributed by atoms with van der Waals surface area (Å²) in [7, 11) is 0. The first-order chi connectivity index (χ1) is 11.6. The van der Waals surface area contributed by atoms with Crippen LogP contribution in [0.3, 0.4) is 0 Å². The molecule has 122 valence electrons. The second kappa shape index (κ2) is 5.79. The molecule has 3 aromatic rings. The zero-order chi connectivity index (χ0) is 16.7. The monoisotopic (exact) mass is 339 g/mol. The Hall–Kier alpha value is -2.60. The lowest BCUT2D eigenvalue weighted by atomic mass is 10.1. The fourth-order valence-corrected chi connectivity index (χ4v) is 3.21. The van der Waals surface area contributed by atoms with Crippen molar-refractivity contribution in [2.24, 2.45) is 5.73 Å². The number of pyridine rings is 1. The third kappa shape index (κ3) is 2.49. The minimum absolute atomic E-state index is 0.443. The predicted octanol–water partition coefficient (Wildman–Crippen LogP) is 2.91. The van der Waals surface area contributed by atoms with Crippen LogP contribution in [0.25, 0.3) is 16.9 Å². The molecule has 1 aliphatic rings. The molecular formula is C18H17N3O2S. The third-order valence-electron chi connectivity index (χ3n) is 4.09. The van der Waals surface area contributed by atoms with Crippen molar-refractivity contribution in [1.82, 2.24) is 9.38 Å². The normalized spacial score (nSPS) is 13.2. The van der Waals surface area contributed by atoms with Gasteiger partial charge in [-0.3, -0.25) is 0 Å². The van der Waals surface area contributed by atoms with Crippen LogP contribution in [0.5, 0.6) is 11.5 Å². The highest BCUT2D eigenvalue weighted by atomic mass is 32.1. The molecule has 0 atom stereocenters. The van der Waals surface area contributed by atoms with Crippen molar-refractivity contribution < 1.29 is 9.47 Å². The Morgan fingerprint density at radius 3 is 2.79 bits per heavy atom. The van der Waals surface area contributed by atoms with Crippen LogP contribution in [-0.2, 0) is 6.42 Å². The van der Waals surface area contributed by atoms with Crippen molar-refractivity contribution in [3.8, 4) is 22.8 Å². The van der Waals surface area contributed by atoms with E-state index in [4.69, 9.17) is 32.4 Å². The van der Waals surface area contributed by atoms with E-state index in [1.165, 1.54) is 0 Å². The van der Waals surface area contributed by atoms with Crippen molar-refractivity contribution in [2.45, 2.75) is 13.3 Å². The zero-order valence-electron chi connectivity index (χ0n) is 13.3. The van der Waals surface area contributed by atoms with E-state index >= 15 is 0 Å². The van der Waals surface area contributed by atoms with E-state index in [1.54, 1.807) is 0 Å². The van der Waals surface area contributed by atoms with Crippen LogP contribution in [0.4, 0.5) is 0 Å². The molecule has 0 radical (unpaired) electrons. The van der Waals surface area contributed by atoms with Gasteiger partial charge in [-0.25, -0.2) is 4.98 Å². The van der Waals surface area contributed by atoms with Crippen LogP contribution in [0.2, 0.25) is 0 Å². The lowest BCUT2D eigenvalue weighted by Crippen LogP contribution is -2.15. The van der Waals surface area contributed by atoms with E-state index in [9.17, 15) is 0 Å². The summed E-state index contributed by atoms with van der Waals surface area (Å²) in [5.74, 6) is 1.51. The van der Waals surface area contributed by atoms with Gasteiger partial charge in [0.15, 0.2) is 11.5 Å². The molecule has 0 bridgehead atoms. The predicted molar refractivity (Wildman–Crippen MR) is 96.8 cm³/mol. The zero-order valence-corrected chi connectivity index (χ0v) is 14.1. The molecule has 2 aromatic heterocycles. The van der Waals surface area contributed by atoms with E-state index in [1.807, 2.05) is 43.3 Å². The Balaban J connectivity index is 1.92. The number of nitrogens with zero attached hydrogens (tertiary/aromatic N) is 2. The lowest BCUT2D eigenvalue weighted by Gasteiger charge is -2.18. The number of thiocarbonyl (C=S) groups is 1. The number of hydrogen-bond acceptors (Lipinski definition) is 4. The molecule has 3 heterocycles. The molecule has 0 fully saturated rings. The standard InChI is InChI=1S/C18H17N3O2S/c1-11-3-2-4-17-20-18(13(21(11)17)10-16(19)24)12-5-6-14-15(9-12)23-8-7-22-14/h2-6,9H,7-8,10H2,1H3,(H2,19,24). The van der Waals surface area contributed by atoms with Gasteiger partial charge in [0.25, 0.3) is 0 Å². The topological polar surface area (TPSA) is 61.8 Å². The molecule has 4 rings (SSSR count). The largest absolute Gasteiger partial charge is 0.486 e. The molecule has 6 heteroatoms. The maximum atomic E-state index is 5.83. The van der Waals surface area contributed by atoms with Crippen molar-refractivity contribution in [3.63, 3.8) is 0 Å². The lowest BCUT2D eigenvalue weighted by molar-refractivity contribution is 0.171. The number of fused-ring (bicyclic) bond motifs is 2. The van der Waals surface area contributed by atoms with Gasteiger partial charge in [-0.2, -0.15) is 0 Å². The molecule has 0 amide bonds. The molecule has 1 aliphatic heterocycles. The van der Waals surface area contributed by atoms with Crippen LogP contribution in [-0.4, -0.2) is 27.6 Å². The van der Waals surface area contributed by atoms with Gasteiger partial charge in [-0.05, 0) is 37.3 Å². The van der Waals surface area contributed by atoms with Crippen LogP contribution in [0.1, 0.15) is 11.4 Å². The third-order valence-corrected chi connectivity index (χ3v) is 4.24. The Morgan fingerprint density at radius 2 is 2.00 bits per heavy atom. The van der Waals surface area contributed by atoms with Crippen molar-refractivity contribution in [2.75, 3.05) is 13.2 Å². The molecule has 1 aromatic carbocycles. The fraction of sp³-hybridized carbons (Fsp3) is 0.222. The summed E-state index contributed by atoms with van der Waals surface area (Å²) in [5, 5.41) is 0. The van der Waals surface area contributed by atoms with E-state index in [0.29, 0.717) is 24.6 Å². The molecule has 0 unspecified atom stereocenters. The number of aromatic nitrogens is 2. The summed E-state index contributed by atoms with van der Waals surface area (Å²) in [5.41, 5.74) is 10.6. The second-order valence-electron chi connectivity index (χ2n) is 5.77. The van der Waals surface area contributed by atoms with Crippen LogP contribution >= 0.6 is 12.2 Å². The van der Waals surface area contributed by atoms with Crippen LogP contribution in [0.15, 0.2) is 36.4 Å². The second-order valence-corrected chi connectivity index (χ2v) is 6.29. The summed E-state index contributed by atoms with van der Waals surface area (Å²) >= 11 is 5.15. The Morgan fingerprint density at radius 1 is 1.21 bits per heavy atom. The molecule has 0 aliphatic carbocycles. The van der Waals surface area contributed by atoms with Crippen LogP contribution in [0, 0.1) is 6.92 Å². The number of rotatable bonds is 3. The molecular weight excluding hydrogens is 322 g/mol. The summed E-state index contributed by atoms with van der Waals surface area (Å²) in [6, 6.07) is 11.9. The van der Waals surface area contributed by atoms with Gasteiger partial charge in [0.05, 0.1) is 16.4 Å². The quantitative estimate of drug-likeness (QED) is 0.744. The minimum atomic E-state index is 0.443. The average molecular weight is 339 g/mol. The highest BCUT2D eigenvalue weighted by Crippen LogP contribution is 2.35. The van der Waals surface area contributed by atoms with E-state index in [-0.39, 0.29) is 0 Å². The van der Waals surface area contributed by atoms with Gasteiger partial charge in [0.1, 0.15) is 18.9 Å².